The monoisotopic (exact) mass is 271 g/mol. The van der Waals surface area contributed by atoms with Crippen molar-refractivity contribution in [2.45, 2.75) is 52.1 Å². The summed E-state index contributed by atoms with van der Waals surface area (Å²) < 4.78 is 2.06. The van der Waals surface area contributed by atoms with E-state index in [-0.39, 0.29) is 6.04 Å². The van der Waals surface area contributed by atoms with E-state index in [4.69, 9.17) is 5.73 Å². The minimum Gasteiger partial charge on any atom is -0.327 e. The molecule has 0 fully saturated rings. The van der Waals surface area contributed by atoms with E-state index in [1.54, 1.807) is 0 Å². The number of hydrogen-bond donors (Lipinski definition) is 1. The molecule has 2 aromatic rings. The lowest BCUT2D eigenvalue weighted by molar-refractivity contribution is 0.539. The van der Waals surface area contributed by atoms with Crippen molar-refractivity contribution in [2.24, 2.45) is 5.73 Å². The molecule has 108 valence electrons. The standard InChI is InChI=1S/C17H25N3/c1-3-20-17(12-14(2)19-20)13-16(18)11-7-10-15-8-5-4-6-9-15/h4-6,8-9,12,16H,3,7,10-11,13,18H2,1-2H3. The molecule has 3 nitrogen and oxygen atoms in total. The van der Waals surface area contributed by atoms with Crippen molar-refractivity contribution < 1.29 is 0 Å². The van der Waals surface area contributed by atoms with Crippen molar-refractivity contribution in [3.05, 3.63) is 53.3 Å². The van der Waals surface area contributed by atoms with Crippen molar-refractivity contribution >= 4 is 0 Å². The van der Waals surface area contributed by atoms with E-state index < -0.39 is 0 Å². The maximum absolute atomic E-state index is 6.26. The Morgan fingerprint density at radius 3 is 2.70 bits per heavy atom. The van der Waals surface area contributed by atoms with Crippen LogP contribution in [-0.2, 0) is 19.4 Å². The molecule has 0 radical (unpaired) electrons. The summed E-state index contributed by atoms with van der Waals surface area (Å²) in [5, 5.41) is 4.47. The van der Waals surface area contributed by atoms with Gasteiger partial charge in [0, 0.05) is 24.7 Å². The molecule has 3 heteroatoms. The van der Waals surface area contributed by atoms with Crippen LogP contribution in [0.25, 0.3) is 0 Å². The molecular formula is C17H25N3. The molecule has 2 rings (SSSR count). The quantitative estimate of drug-likeness (QED) is 0.841. The van der Waals surface area contributed by atoms with E-state index in [1.807, 2.05) is 6.92 Å². The summed E-state index contributed by atoms with van der Waals surface area (Å²) in [6, 6.07) is 13.0. The van der Waals surface area contributed by atoms with Crippen molar-refractivity contribution in [3.8, 4) is 0 Å². The van der Waals surface area contributed by atoms with E-state index in [1.165, 1.54) is 11.3 Å². The Morgan fingerprint density at radius 2 is 2.00 bits per heavy atom. The molecule has 0 saturated carbocycles. The Labute approximate surface area is 121 Å². The molecule has 0 saturated heterocycles. The Balaban J connectivity index is 1.79. The molecule has 0 aliphatic rings. The molecule has 0 amide bonds. The van der Waals surface area contributed by atoms with Crippen LogP contribution in [0.1, 0.15) is 36.7 Å². The summed E-state index contributed by atoms with van der Waals surface area (Å²) in [5.41, 5.74) is 10.0. The van der Waals surface area contributed by atoms with E-state index in [0.29, 0.717) is 0 Å². The number of nitrogens with two attached hydrogens (primary N) is 1. The van der Waals surface area contributed by atoms with E-state index in [2.05, 4.69) is 53.1 Å². The van der Waals surface area contributed by atoms with Crippen LogP contribution in [0.15, 0.2) is 36.4 Å². The van der Waals surface area contributed by atoms with Crippen molar-refractivity contribution in [2.75, 3.05) is 0 Å². The summed E-state index contributed by atoms with van der Waals surface area (Å²) >= 11 is 0. The third-order valence-corrected chi connectivity index (χ3v) is 3.64. The van der Waals surface area contributed by atoms with Crippen LogP contribution in [0.3, 0.4) is 0 Å². The van der Waals surface area contributed by atoms with Gasteiger partial charge in [0.05, 0.1) is 5.69 Å². The first-order valence-electron chi connectivity index (χ1n) is 7.52. The highest BCUT2D eigenvalue weighted by molar-refractivity contribution is 5.14. The maximum atomic E-state index is 6.26. The Hall–Kier alpha value is -1.61. The first kappa shape index (κ1) is 14.8. The van der Waals surface area contributed by atoms with Gasteiger partial charge >= 0.3 is 0 Å². The predicted molar refractivity (Wildman–Crippen MR) is 83.7 cm³/mol. The molecule has 0 aliphatic heterocycles. The van der Waals surface area contributed by atoms with Crippen LogP contribution in [0.4, 0.5) is 0 Å². The van der Waals surface area contributed by atoms with Crippen molar-refractivity contribution in [1.82, 2.24) is 9.78 Å². The second kappa shape index (κ2) is 7.25. The van der Waals surface area contributed by atoms with Crippen LogP contribution in [0, 0.1) is 6.92 Å². The van der Waals surface area contributed by atoms with Crippen LogP contribution < -0.4 is 5.73 Å². The van der Waals surface area contributed by atoms with Gasteiger partial charge in [-0.05, 0) is 44.7 Å². The van der Waals surface area contributed by atoms with Gasteiger partial charge in [0.2, 0.25) is 0 Å². The molecule has 1 aromatic carbocycles. The van der Waals surface area contributed by atoms with E-state index >= 15 is 0 Å². The smallest absolute Gasteiger partial charge is 0.0596 e. The van der Waals surface area contributed by atoms with Gasteiger partial charge in [0.15, 0.2) is 0 Å². The molecule has 0 spiro atoms. The normalized spacial score (nSPS) is 12.6. The van der Waals surface area contributed by atoms with Gasteiger partial charge in [-0.15, -0.1) is 0 Å². The average molecular weight is 271 g/mol. The number of rotatable bonds is 7. The summed E-state index contributed by atoms with van der Waals surface area (Å²) in [5.74, 6) is 0. The van der Waals surface area contributed by atoms with Gasteiger partial charge in [0.25, 0.3) is 0 Å². The summed E-state index contributed by atoms with van der Waals surface area (Å²) in [6.07, 6.45) is 4.23. The molecule has 2 N–H and O–H groups in total. The lowest BCUT2D eigenvalue weighted by Crippen LogP contribution is -2.24. The van der Waals surface area contributed by atoms with Gasteiger partial charge < -0.3 is 5.73 Å². The molecule has 0 bridgehead atoms. The molecule has 1 heterocycles. The average Bonchev–Trinajstić information content (AvgIpc) is 2.80. The zero-order valence-electron chi connectivity index (χ0n) is 12.5. The summed E-state index contributed by atoms with van der Waals surface area (Å²) in [7, 11) is 0. The van der Waals surface area contributed by atoms with Gasteiger partial charge in [-0.1, -0.05) is 30.3 Å². The fourth-order valence-electron chi connectivity index (χ4n) is 2.62. The third kappa shape index (κ3) is 4.20. The van der Waals surface area contributed by atoms with Crippen LogP contribution in [-0.4, -0.2) is 15.8 Å². The van der Waals surface area contributed by atoms with Gasteiger partial charge in [-0.25, -0.2) is 0 Å². The topological polar surface area (TPSA) is 43.8 Å². The first-order chi connectivity index (χ1) is 9.69. The van der Waals surface area contributed by atoms with Gasteiger partial charge in [0.1, 0.15) is 0 Å². The van der Waals surface area contributed by atoms with Gasteiger partial charge in [-0.2, -0.15) is 5.10 Å². The lowest BCUT2D eigenvalue weighted by Gasteiger charge is -2.12. The SMILES string of the molecule is CCn1nc(C)cc1CC(N)CCCc1ccccc1. The number of benzene rings is 1. The zero-order valence-corrected chi connectivity index (χ0v) is 12.5. The van der Waals surface area contributed by atoms with Gasteiger partial charge in [-0.3, -0.25) is 4.68 Å². The highest BCUT2D eigenvalue weighted by Crippen LogP contribution is 2.11. The molecule has 0 aliphatic carbocycles. The largest absolute Gasteiger partial charge is 0.327 e. The Morgan fingerprint density at radius 1 is 1.25 bits per heavy atom. The second-order valence-corrected chi connectivity index (χ2v) is 5.43. The number of aromatic nitrogens is 2. The summed E-state index contributed by atoms with van der Waals surface area (Å²) in [6.45, 7) is 5.08. The van der Waals surface area contributed by atoms with Crippen molar-refractivity contribution in [3.63, 3.8) is 0 Å². The minimum absolute atomic E-state index is 0.222. The van der Waals surface area contributed by atoms with Crippen LogP contribution in [0.5, 0.6) is 0 Å². The lowest BCUT2D eigenvalue weighted by atomic mass is 10.0. The predicted octanol–water partition coefficient (Wildman–Crippen LogP) is 3.10. The molecule has 1 aromatic heterocycles. The Bertz CT molecular complexity index is 516. The molecule has 1 atom stereocenters. The van der Waals surface area contributed by atoms with Crippen molar-refractivity contribution in [1.29, 1.82) is 0 Å². The second-order valence-electron chi connectivity index (χ2n) is 5.43. The van der Waals surface area contributed by atoms with Crippen LogP contribution in [0.2, 0.25) is 0 Å². The highest BCUT2D eigenvalue weighted by atomic mass is 15.3. The molecule has 20 heavy (non-hydrogen) atoms. The fraction of sp³-hybridized carbons (Fsp3) is 0.471. The molecule has 1 unspecified atom stereocenters. The van der Waals surface area contributed by atoms with E-state index in [0.717, 1.165) is 37.9 Å². The van der Waals surface area contributed by atoms with Crippen LogP contribution >= 0.6 is 0 Å². The van der Waals surface area contributed by atoms with E-state index in [9.17, 15) is 0 Å². The number of nitrogens with zero attached hydrogens (tertiary/aromatic N) is 2. The Kier molecular flexibility index (Phi) is 5.36. The number of hydrogen-bond acceptors (Lipinski definition) is 2. The molecular weight excluding hydrogens is 246 g/mol. The maximum Gasteiger partial charge on any atom is 0.0596 e. The third-order valence-electron chi connectivity index (χ3n) is 3.64. The zero-order chi connectivity index (χ0) is 14.4. The summed E-state index contributed by atoms with van der Waals surface area (Å²) in [4.78, 5) is 0. The number of aryl methyl sites for hydroxylation is 3. The first-order valence-corrected chi connectivity index (χ1v) is 7.52. The highest BCUT2D eigenvalue weighted by Gasteiger charge is 2.09. The fourth-order valence-corrected chi connectivity index (χ4v) is 2.62. The minimum atomic E-state index is 0.222.